The standard InChI is InChI=1S/C7HF13O/c8-2(9,1-21)3(10,11)4(12,13)5(14,15)6(16,17)7(18,19)20/h1H. The first kappa shape index (κ1) is 19.8. The molecule has 0 aromatic heterocycles. The van der Waals surface area contributed by atoms with Gasteiger partial charge in [0, 0.05) is 0 Å². The first-order valence-electron chi connectivity index (χ1n) is 4.23. The van der Waals surface area contributed by atoms with E-state index in [0.717, 1.165) is 0 Å². The lowest BCUT2D eigenvalue weighted by Crippen LogP contribution is -2.70. The molecule has 1 nitrogen and oxygen atoms in total. The minimum absolute atomic E-state index is 2.29. The van der Waals surface area contributed by atoms with E-state index in [0.29, 0.717) is 0 Å². The van der Waals surface area contributed by atoms with E-state index < -0.39 is 42.1 Å². The van der Waals surface area contributed by atoms with Crippen LogP contribution < -0.4 is 0 Å². The van der Waals surface area contributed by atoms with Crippen molar-refractivity contribution in [2.45, 2.75) is 35.8 Å². The van der Waals surface area contributed by atoms with Gasteiger partial charge in [0.05, 0.1) is 0 Å². The summed E-state index contributed by atoms with van der Waals surface area (Å²) < 4.78 is 159. The van der Waals surface area contributed by atoms with E-state index in [4.69, 9.17) is 0 Å². The summed E-state index contributed by atoms with van der Waals surface area (Å²) in [5, 5.41) is 0. The zero-order valence-electron chi connectivity index (χ0n) is 8.90. The quantitative estimate of drug-likeness (QED) is 0.544. The molecule has 14 heteroatoms. The second-order valence-electron chi connectivity index (χ2n) is 3.54. The molecule has 0 heterocycles. The third kappa shape index (κ3) is 2.41. The summed E-state index contributed by atoms with van der Waals surface area (Å²) in [4.78, 5) is 9.48. The number of carbonyl (C=O) groups excluding carboxylic acids is 1. The number of hydrogen-bond donors (Lipinski definition) is 0. The zero-order valence-corrected chi connectivity index (χ0v) is 8.90. The first-order chi connectivity index (χ1) is 8.81. The number of alkyl halides is 13. The second kappa shape index (κ2) is 4.63. The smallest absolute Gasteiger partial charge is 0.296 e. The van der Waals surface area contributed by atoms with Crippen molar-refractivity contribution in [1.82, 2.24) is 0 Å². The third-order valence-corrected chi connectivity index (χ3v) is 2.11. The topological polar surface area (TPSA) is 17.1 Å². The number of halogens is 13. The van der Waals surface area contributed by atoms with E-state index in [1.807, 2.05) is 0 Å². The van der Waals surface area contributed by atoms with E-state index in [9.17, 15) is 61.9 Å². The predicted molar refractivity (Wildman–Crippen MR) is 36.9 cm³/mol. The van der Waals surface area contributed by atoms with Crippen molar-refractivity contribution in [3.63, 3.8) is 0 Å². The zero-order chi connectivity index (χ0) is 17.7. The molecule has 0 rings (SSSR count). The van der Waals surface area contributed by atoms with Crippen molar-refractivity contribution in [2.24, 2.45) is 0 Å². The van der Waals surface area contributed by atoms with Crippen molar-refractivity contribution < 1.29 is 61.9 Å². The fourth-order valence-corrected chi connectivity index (χ4v) is 0.856. The van der Waals surface area contributed by atoms with Gasteiger partial charge in [0.25, 0.3) is 0 Å². The molecular weight excluding hydrogens is 347 g/mol. The maximum absolute atomic E-state index is 12.6. The Morgan fingerprint density at radius 2 is 0.762 bits per heavy atom. The van der Waals surface area contributed by atoms with Gasteiger partial charge in [0.15, 0.2) is 6.29 Å². The molecule has 0 aliphatic carbocycles. The van der Waals surface area contributed by atoms with E-state index in [1.165, 1.54) is 0 Å². The molecule has 0 atom stereocenters. The highest BCUT2D eigenvalue weighted by molar-refractivity contribution is 5.62. The van der Waals surface area contributed by atoms with Gasteiger partial charge < -0.3 is 0 Å². The minimum atomic E-state index is -7.96. The van der Waals surface area contributed by atoms with Gasteiger partial charge in [-0.25, -0.2) is 0 Å². The monoisotopic (exact) mass is 348 g/mol. The molecule has 0 fully saturated rings. The molecule has 0 radical (unpaired) electrons. The molecule has 0 aliphatic heterocycles. The summed E-state index contributed by atoms with van der Waals surface area (Å²) in [6.45, 7) is 0. The maximum atomic E-state index is 12.6. The lowest BCUT2D eigenvalue weighted by molar-refractivity contribution is -0.435. The van der Waals surface area contributed by atoms with Crippen LogP contribution in [-0.2, 0) is 4.79 Å². The van der Waals surface area contributed by atoms with Crippen LogP contribution in [0.5, 0.6) is 0 Å². The lowest BCUT2D eigenvalue weighted by atomic mass is 9.94. The van der Waals surface area contributed by atoms with Crippen LogP contribution in [0.3, 0.4) is 0 Å². The fraction of sp³-hybridized carbons (Fsp3) is 0.857. The van der Waals surface area contributed by atoms with Crippen molar-refractivity contribution in [2.75, 3.05) is 0 Å². The molecule has 0 N–H and O–H groups in total. The predicted octanol–water partition coefficient (Wildman–Crippen LogP) is 3.92. The molecule has 0 aromatic carbocycles. The Morgan fingerprint density at radius 3 is 1.00 bits per heavy atom. The number of hydrogen-bond acceptors (Lipinski definition) is 1. The van der Waals surface area contributed by atoms with Crippen LogP contribution in [0.25, 0.3) is 0 Å². The Bertz CT molecular complexity index is 405. The molecule has 0 aromatic rings. The molecule has 0 saturated heterocycles. The average Bonchev–Trinajstić information content (AvgIpc) is 2.26. The van der Waals surface area contributed by atoms with Crippen molar-refractivity contribution in [3.05, 3.63) is 0 Å². The van der Waals surface area contributed by atoms with Crippen molar-refractivity contribution >= 4 is 6.29 Å². The largest absolute Gasteiger partial charge is 0.460 e. The molecule has 0 amide bonds. The van der Waals surface area contributed by atoms with E-state index >= 15 is 0 Å². The van der Waals surface area contributed by atoms with Crippen LogP contribution in [0.4, 0.5) is 57.1 Å². The van der Waals surface area contributed by atoms with Crippen LogP contribution in [0.2, 0.25) is 0 Å². The van der Waals surface area contributed by atoms with E-state index in [1.54, 1.807) is 0 Å². The highest BCUT2D eigenvalue weighted by Crippen LogP contribution is 2.59. The Hall–Kier alpha value is -1.24. The van der Waals surface area contributed by atoms with Gasteiger partial charge in [-0.05, 0) is 0 Å². The summed E-state index contributed by atoms with van der Waals surface area (Å²) in [5.41, 5.74) is 0. The maximum Gasteiger partial charge on any atom is 0.460 e. The Kier molecular flexibility index (Phi) is 4.35. The Balaban J connectivity index is 6.20. The SMILES string of the molecule is O=CC(F)(F)C(F)(F)C(F)(F)C(F)(F)C(F)(F)C(F)(F)F. The minimum Gasteiger partial charge on any atom is -0.296 e. The summed E-state index contributed by atoms with van der Waals surface area (Å²) >= 11 is 0. The summed E-state index contributed by atoms with van der Waals surface area (Å²) in [7, 11) is 0. The van der Waals surface area contributed by atoms with Crippen LogP contribution in [0.1, 0.15) is 0 Å². The highest BCUT2D eigenvalue weighted by Gasteiger charge is 2.90. The van der Waals surface area contributed by atoms with Gasteiger partial charge in [-0.3, -0.25) is 4.79 Å². The average molecular weight is 348 g/mol. The van der Waals surface area contributed by atoms with Gasteiger partial charge in [-0.15, -0.1) is 0 Å². The molecule has 0 unspecified atom stereocenters. The molecule has 0 saturated carbocycles. The molecule has 21 heavy (non-hydrogen) atoms. The fourth-order valence-electron chi connectivity index (χ4n) is 0.856. The summed E-state index contributed by atoms with van der Waals surface area (Å²) in [6, 6.07) is 0. The van der Waals surface area contributed by atoms with Crippen molar-refractivity contribution in [3.8, 4) is 0 Å². The molecule has 0 spiro atoms. The lowest BCUT2D eigenvalue weighted by Gasteiger charge is -2.38. The second-order valence-corrected chi connectivity index (χ2v) is 3.54. The number of aldehydes is 1. The van der Waals surface area contributed by atoms with Gasteiger partial charge >= 0.3 is 35.8 Å². The van der Waals surface area contributed by atoms with Crippen LogP contribution >= 0.6 is 0 Å². The Morgan fingerprint density at radius 1 is 0.476 bits per heavy atom. The molecule has 0 bridgehead atoms. The van der Waals surface area contributed by atoms with E-state index in [-0.39, 0.29) is 0 Å². The summed E-state index contributed by atoms with van der Waals surface area (Å²) in [5.74, 6) is -37.8. The van der Waals surface area contributed by atoms with Crippen LogP contribution in [0, 0.1) is 0 Å². The van der Waals surface area contributed by atoms with Gasteiger partial charge in [-0.1, -0.05) is 0 Å². The molecular formula is C7HF13O. The highest BCUT2D eigenvalue weighted by atomic mass is 19.4. The third-order valence-electron chi connectivity index (χ3n) is 2.11. The molecule has 126 valence electrons. The van der Waals surface area contributed by atoms with Gasteiger partial charge in [-0.2, -0.15) is 57.1 Å². The van der Waals surface area contributed by atoms with Gasteiger partial charge in [0.1, 0.15) is 0 Å². The number of rotatable bonds is 5. The van der Waals surface area contributed by atoms with Crippen LogP contribution in [-0.4, -0.2) is 42.1 Å². The van der Waals surface area contributed by atoms with Crippen LogP contribution in [0.15, 0.2) is 0 Å². The summed E-state index contributed by atoms with van der Waals surface area (Å²) in [6.07, 6.45) is -9.74. The normalized spacial score (nSPS) is 16.0. The Labute approximate surface area is 105 Å². The molecule has 0 aliphatic rings. The van der Waals surface area contributed by atoms with Gasteiger partial charge in [0.2, 0.25) is 0 Å². The number of carbonyl (C=O) groups is 1. The van der Waals surface area contributed by atoms with E-state index in [2.05, 4.69) is 0 Å². The van der Waals surface area contributed by atoms with Crippen molar-refractivity contribution in [1.29, 1.82) is 0 Å². The first-order valence-corrected chi connectivity index (χ1v) is 4.23.